The molecule has 0 aliphatic heterocycles. The number of carbonyl (C=O) groups excluding carboxylic acids is 3. The van der Waals surface area contributed by atoms with Gasteiger partial charge in [-0.15, -0.1) is 0 Å². The number of ether oxygens (including phenoxy) is 2. The summed E-state index contributed by atoms with van der Waals surface area (Å²) in [6, 6.07) is 5.50. The van der Waals surface area contributed by atoms with E-state index in [0.717, 1.165) is 6.08 Å². The Balaban J connectivity index is 3.13. The minimum absolute atomic E-state index is 0.0904. The van der Waals surface area contributed by atoms with Gasteiger partial charge < -0.3 is 20.1 Å². The first-order chi connectivity index (χ1) is 11.9. The van der Waals surface area contributed by atoms with E-state index >= 15 is 0 Å². The molecule has 1 rings (SSSR count). The fourth-order valence-corrected chi connectivity index (χ4v) is 1.75. The zero-order valence-electron chi connectivity index (χ0n) is 14.3. The van der Waals surface area contributed by atoms with Crippen LogP contribution in [0.3, 0.4) is 0 Å². The standard InChI is InChI=1S/C17H20N2O6/c1-4-24-16(22)10-14(17(23)25-5-2)19-12-6-8-13(18-11(3)20)15(21)9-7-12/h6-10,19H,4-5H2,1-3H3,(H,18,20,21). The summed E-state index contributed by atoms with van der Waals surface area (Å²) in [6.07, 6.45) is 0.974. The maximum Gasteiger partial charge on any atom is 0.355 e. The highest BCUT2D eigenvalue weighted by Crippen LogP contribution is 2.11. The van der Waals surface area contributed by atoms with Gasteiger partial charge in [0.25, 0.3) is 0 Å². The molecular formula is C17H20N2O6. The Morgan fingerprint density at radius 3 is 2.24 bits per heavy atom. The summed E-state index contributed by atoms with van der Waals surface area (Å²) < 4.78 is 9.66. The Bertz CT molecular complexity index is 742. The monoisotopic (exact) mass is 348 g/mol. The number of hydrogen-bond acceptors (Lipinski definition) is 7. The van der Waals surface area contributed by atoms with Crippen LogP contribution in [0.15, 0.2) is 40.8 Å². The van der Waals surface area contributed by atoms with Crippen molar-refractivity contribution in [3.8, 4) is 0 Å². The van der Waals surface area contributed by atoms with Gasteiger partial charge in [-0.2, -0.15) is 0 Å². The molecule has 0 radical (unpaired) electrons. The molecule has 2 N–H and O–H groups in total. The third kappa shape index (κ3) is 6.86. The molecule has 0 unspecified atom stereocenters. The summed E-state index contributed by atoms with van der Waals surface area (Å²) in [7, 11) is 0. The summed E-state index contributed by atoms with van der Waals surface area (Å²) in [4.78, 5) is 46.5. The first kappa shape index (κ1) is 19.9. The highest BCUT2D eigenvalue weighted by atomic mass is 16.5. The molecule has 134 valence electrons. The maximum absolute atomic E-state index is 12.0. The number of rotatable bonds is 7. The molecule has 0 bridgehead atoms. The second-order valence-corrected chi connectivity index (χ2v) is 4.74. The number of hydrogen-bond donors (Lipinski definition) is 2. The summed E-state index contributed by atoms with van der Waals surface area (Å²) in [6.45, 7) is 4.84. The van der Waals surface area contributed by atoms with Crippen LogP contribution in [0.1, 0.15) is 20.8 Å². The van der Waals surface area contributed by atoms with Gasteiger partial charge in [0.15, 0.2) is 0 Å². The zero-order valence-corrected chi connectivity index (χ0v) is 14.3. The van der Waals surface area contributed by atoms with E-state index in [2.05, 4.69) is 10.6 Å². The van der Waals surface area contributed by atoms with Gasteiger partial charge in [0, 0.05) is 12.6 Å². The highest BCUT2D eigenvalue weighted by molar-refractivity contribution is 5.98. The topological polar surface area (TPSA) is 111 Å². The van der Waals surface area contributed by atoms with Crippen molar-refractivity contribution in [2.24, 2.45) is 0 Å². The predicted molar refractivity (Wildman–Crippen MR) is 92.0 cm³/mol. The predicted octanol–water partition coefficient (Wildman–Crippen LogP) is 1.43. The number of amides is 1. The molecule has 0 saturated heterocycles. The van der Waals surface area contributed by atoms with Crippen LogP contribution in [0, 0.1) is 0 Å². The van der Waals surface area contributed by atoms with E-state index in [0.29, 0.717) is 5.69 Å². The average molecular weight is 348 g/mol. The zero-order chi connectivity index (χ0) is 18.8. The lowest BCUT2D eigenvalue weighted by Crippen LogP contribution is -2.17. The third-order valence-electron chi connectivity index (χ3n) is 2.74. The first-order valence-electron chi connectivity index (χ1n) is 7.62. The summed E-state index contributed by atoms with van der Waals surface area (Å²) >= 11 is 0. The number of nitrogens with one attached hydrogen (secondary N) is 2. The summed E-state index contributed by atoms with van der Waals surface area (Å²) in [5, 5.41) is 5.12. The van der Waals surface area contributed by atoms with Crippen molar-refractivity contribution in [3.05, 3.63) is 46.3 Å². The van der Waals surface area contributed by atoms with Gasteiger partial charge in [-0.1, -0.05) is 0 Å². The second kappa shape index (κ2) is 9.86. The van der Waals surface area contributed by atoms with E-state index in [1.54, 1.807) is 13.8 Å². The van der Waals surface area contributed by atoms with Crippen LogP contribution >= 0.6 is 0 Å². The van der Waals surface area contributed by atoms with E-state index in [1.807, 2.05) is 0 Å². The minimum atomic E-state index is -0.744. The maximum atomic E-state index is 12.0. The van der Waals surface area contributed by atoms with Gasteiger partial charge in [0.2, 0.25) is 11.3 Å². The molecule has 0 saturated carbocycles. The molecule has 8 nitrogen and oxygen atoms in total. The SMILES string of the molecule is CCOC(=O)C=C(Nc1ccc(NC(C)=O)c(=O)cc1)C(=O)OCC. The fourth-order valence-electron chi connectivity index (χ4n) is 1.75. The van der Waals surface area contributed by atoms with E-state index in [9.17, 15) is 19.2 Å². The molecule has 0 aliphatic carbocycles. The second-order valence-electron chi connectivity index (χ2n) is 4.74. The van der Waals surface area contributed by atoms with Crippen LogP contribution in [0.5, 0.6) is 0 Å². The summed E-state index contributed by atoms with van der Waals surface area (Å²) in [5.41, 5.74) is -0.111. The van der Waals surface area contributed by atoms with E-state index < -0.39 is 17.4 Å². The molecule has 0 spiro atoms. The molecule has 1 aromatic rings. The molecule has 1 aromatic carbocycles. The molecule has 0 fully saturated rings. The van der Waals surface area contributed by atoms with Crippen molar-refractivity contribution in [1.29, 1.82) is 0 Å². The molecule has 0 aromatic heterocycles. The van der Waals surface area contributed by atoms with E-state index in [4.69, 9.17) is 9.47 Å². The van der Waals surface area contributed by atoms with Gasteiger partial charge >= 0.3 is 11.9 Å². The molecule has 8 heteroatoms. The fraction of sp³-hybridized carbons (Fsp3) is 0.294. The van der Waals surface area contributed by atoms with Gasteiger partial charge in [0.05, 0.1) is 25.0 Å². The Morgan fingerprint density at radius 2 is 1.64 bits per heavy atom. The first-order valence-corrected chi connectivity index (χ1v) is 7.62. The van der Waals surface area contributed by atoms with Gasteiger partial charge in [-0.25, -0.2) is 9.59 Å². The summed E-state index contributed by atoms with van der Waals surface area (Å²) in [5.74, 6) is -1.83. The lowest BCUT2D eigenvalue weighted by atomic mass is 10.3. The van der Waals surface area contributed by atoms with E-state index in [-0.39, 0.29) is 30.5 Å². The van der Waals surface area contributed by atoms with Crippen molar-refractivity contribution >= 4 is 29.2 Å². The van der Waals surface area contributed by atoms with Crippen molar-refractivity contribution in [2.45, 2.75) is 20.8 Å². The van der Waals surface area contributed by atoms with Crippen molar-refractivity contribution < 1.29 is 23.9 Å². The normalized spacial score (nSPS) is 10.6. The third-order valence-corrected chi connectivity index (χ3v) is 2.74. The lowest BCUT2D eigenvalue weighted by Gasteiger charge is -2.09. The molecule has 1 amide bonds. The molecule has 0 heterocycles. The van der Waals surface area contributed by atoms with Crippen molar-refractivity contribution in [1.82, 2.24) is 0 Å². The molecular weight excluding hydrogens is 328 g/mol. The smallest absolute Gasteiger partial charge is 0.355 e. The minimum Gasteiger partial charge on any atom is -0.463 e. The van der Waals surface area contributed by atoms with Crippen LogP contribution < -0.4 is 16.1 Å². The van der Waals surface area contributed by atoms with Crippen LogP contribution in [0.2, 0.25) is 0 Å². The van der Waals surface area contributed by atoms with Crippen LogP contribution in [-0.2, 0) is 23.9 Å². The Kier molecular flexibility index (Phi) is 7.85. The average Bonchev–Trinajstić information content (AvgIpc) is 2.70. The van der Waals surface area contributed by atoms with Crippen molar-refractivity contribution in [2.75, 3.05) is 23.8 Å². The van der Waals surface area contributed by atoms with E-state index in [1.165, 1.54) is 31.2 Å². The number of carbonyl (C=O) groups is 3. The highest BCUT2D eigenvalue weighted by Gasteiger charge is 2.14. The lowest BCUT2D eigenvalue weighted by molar-refractivity contribution is -0.140. The quantitative estimate of drug-likeness (QED) is 0.566. The molecule has 25 heavy (non-hydrogen) atoms. The number of esters is 2. The Morgan fingerprint density at radius 1 is 1.00 bits per heavy atom. The van der Waals surface area contributed by atoms with Crippen molar-refractivity contribution in [3.63, 3.8) is 0 Å². The van der Waals surface area contributed by atoms with Crippen LogP contribution in [0.25, 0.3) is 0 Å². The van der Waals surface area contributed by atoms with Gasteiger partial charge in [0.1, 0.15) is 5.70 Å². The van der Waals surface area contributed by atoms with Gasteiger partial charge in [-0.3, -0.25) is 9.59 Å². The van der Waals surface area contributed by atoms with Crippen LogP contribution in [-0.4, -0.2) is 31.1 Å². The Labute approximate surface area is 144 Å². The molecule has 0 atom stereocenters. The largest absolute Gasteiger partial charge is 0.463 e. The van der Waals surface area contributed by atoms with Crippen LogP contribution in [0.4, 0.5) is 11.4 Å². The van der Waals surface area contributed by atoms with Gasteiger partial charge in [-0.05, 0) is 38.1 Å². The Hall–Kier alpha value is -3.16. The number of anilines is 2. The molecule has 0 aliphatic rings.